The molecular weight excluding hydrogens is 394 g/mol. The Bertz CT molecular complexity index is 830. The molecule has 0 aliphatic carbocycles. The molecule has 0 radical (unpaired) electrons. The number of carbonyl (C=O) groups excluding carboxylic acids is 2. The molecule has 0 N–H and O–H groups in total. The normalized spacial score (nSPS) is 11.3. The molecule has 0 spiro atoms. The molecular formula is C14H11Cl2FN4O3S. The summed E-state index contributed by atoms with van der Waals surface area (Å²) < 4.78 is 26.4. The number of esters is 1. The minimum Gasteiger partial charge on any atom is -0.462 e. The molecule has 11 heteroatoms. The Morgan fingerprint density at radius 1 is 1.40 bits per heavy atom. The van der Waals surface area contributed by atoms with E-state index in [4.69, 9.17) is 27.9 Å². The van der Waals surface area contributed by atoms with E-state index in [9.17, 15) is 14.0 Å². The summed E-state index contributed by atoms with van der Waals surface area (Å²) in [6.45, 7) is 1.64. The summed E-state index contributed by atoms with van der Waals surface area (Å²) in [6.07, 6.45) is 2.66. The number of ether oxygens (including phenoxy) is 1. The number of carbonyl (C=O) groups is 2. The topological polar surface area (TPSA) is 85.3 Å². The molecule has 132 valence electrons. The number of halogens is 3. The third-order valence-corrected chi connectivity index (χ3v) is 3.93. The first-order chi connectivity index (χ1) is 11.8. The van der Waals surface area contributed by atoms with Gasteiger partial charge in [-0.25, -0.2) is 14.2 Å². The molecule has 2 aromatic heterocycles. The highest BCUT2D eigenvalue weighted by Gasteiger charge is 2.26. The van der Waals surface area contributed by atoms with Crippen molar-refractivity contribution in [3.8, 4) is 0 Å². The average Bonchev–Trinajstić information content (AvgIpc) is 3.10. The maximum Gasteiger partial charge on any atom is 0.343 e. The zero-order valence-electron chi connectivity index (χ0n) is 13.0. The van der Waals surface area contributed by atoms with Gasteiger partial charge in [0, 0.05) is 13.2 Å². The Morgan fingerprint density at radius 3 is 2.72 bits per heavy atom. The Hall–Kier alpha value is -2.10. The molecule has 0 atom stereocenters. The Balaban J connectivity index is 2.47. The highest BCUT2D eigenvalue weighted by Crippen LogP contribution is 2.24. The lowest BCUT2D eigenvalue weighted by Crippen LogP contribution is -2.21. The lowest BCUT2D eigenvalue weighted by Gasteiger charge is -2.13. The van der Waals surface area contributed by atoms with Gasteiger partial charge in [-0.2, -0.15) is 8.75 Å². The van der Waals surface area contributed by atoms with Crippen LogP contribution in [0.2, 0.25) is 10.3 Å². The van der Waals surface area contributed by atoms with Crippen LogP contribution in [0.5, 0.6) is 0 Å². The summed E-state index contributed by atoms with van der Waals surface area (Å²) >= 11 is 12.3. The van der Waals surface area contributed by atoms with Gasteiger partial charge in [0.1, 0.15) is 10.7 Å². The molecule has 7 nitrogen and oxygen atoms in total. The summed E-state index contributed by atoms with van der Waals surface area (Å²) in [4.78, 5) is 29.8. The van der Waals surface area contributed by atoms with Crippen molar-refractivity contribution >= 4 is 52.5 Å². The van der Waals surface area contributed by atoms with Crippen LogP contribution in [0.4, 0.5) is 10.2 Å². The maximum atomic E-state index is 13.6. The first kappa shape index (κ1) is 19.2. The van der Waals surface area contributed by atoms with Gasteiger partial charge in [-0.3, -0.25) is 4.79 Å². The van der Waals surface area contributed by atoms with Gasteiger partial charge in [-0.15, -0.1) is 0 Å². The van der Waals surface area contributed by atoms with Gasteiger partial charge >= 0.3 is 5.97 Å². The van der Waals surface area contributed by atoms with Gasteiger partial charge < -0.3 is 9.64 Å². The van der Waals surface area contributed by atoms with Crippen molar-refractivity contribution in [2.24, 2.45) is 0 Å². The van der Waals surface area contributed by atoms with E-state index in [0.717, 1.165) is 17.8 Å². The summed E-state index contributed by atoms with van der Waals surface area (Å²) in [6, 6.07) is 0.817. The molecule has 0 saturated carbocycles. The van der Waals surface area contributed by atoms with Crippen molar-refractivity contribution in [2.75, 3.05) is 18.6 Å². The van der Waals surface area contributed by atoms with Crippen molar-refractivity contribution in [3.05, 3.63) is 45.7 Å². The van der Waals surface area contributed by atoms with E-state index in [-0.39, 0.29) is 22.9 Å². The van der Waals surface area contributed by atoms with Crippen molar-refractivity contribution in [1.82, 2.24) is 13.7 Å². The second-order valence-corrected chi connectivity index (χ2v) is 5.84. The first-order valence-electron chi connectivity index (χ1n) is 6.80. The number of Topliss-reactive ketones (excluding diaryl/α,β-unsaturated/α-hetero) is 1. The van der Waals surface area contributed by atoms with Crippen molar-refractivity contribution in [3.63, 3.8) is 0 Å². The highest BCUT2D eigenvalue weighted by molar-refractivity contribution is 6.99. The predicted octanol–water partition coefficient (Wildman–Crippen LogP) is 3.15. The van der Waals surface area contributed by atoms with Crippen LogP contribution in [0, 0.1) is 5.82 Å². The quantitative estimate of drug-likeness (QED) is 0.182. The number of hydrogen-bond acceptors (Lipinski definition) is 8. The summed E-state index contributed by atoms with van der Waals surface area (Å²) in [5.74, 6) is -2.28. The number of hydrogen-bond donors (Lipinski definition) is 0. The van der Waals surface area contributed by atoms with Crippen molar-refractivity contribution < 1.29 is 18.7 Å². The molecule has 0 bridgehead atoms. The summed E-state index contributed by atoms with van der Waals surface area (Å²) in [5, 5.41) is -0.807. The van der Waals surface area contributed by atoms with Gasteiger partial charge in [0.2, 0.25) is 5.78 Å². The predicted molar refractivity (Wildman–Crippen MR) is 91.6 cm³/mol. The lowest BCUT2D eigenvalue weighted by molar-refractivity contribution is -0.138. The number of anilines is 1. The Kier molecular flexibility index (Phi) is 6.40. The standard InChI is InChI=1S/C14H11Cl2FN4O3S/c1-3-24-14(23)8(6-21(2)10-5-18-25-20-10)11(22)7-4-9(17)13(16)19-12(7)15/h4-6H,3H2,1-2H3/b8-6+. The van der Waals surface area contributed by atoms with Gasteiger partial charge in [0.15, 0.2) is 16.8 Å². The minimum atomic E-state index is -0.935. The van der Waals surface area contributed by atoms with Crippen LogP contribution in [0.1, 0.15) is 17.3 Å². The fraction of sp³-hybridized carbons (Fsp3) is 0.214. The number of ketones is 1. The Labute approximate surface area is 156 Å². The molecule has 0 saturated heterocycles. The van der Waals surface area contributed by atoms with E-state index in [2.05, 4.69) is 13.7 Å². The van der Waals surface area contributed by atoms with Crippen molar-refractivity contribution in [2.45, 2.75) is 6.92 Å². The second-order valence-electron chi connectivity index (χ2n) is 4.57. The third-order valence-electron chi connectivity index (χ3n) is 2.91. The van der Waals surface area contributed by atoms with Crippen LogP contribution in [0.15, 0.2) is 24.0 Å². The average molecular weight is 405 g/mol. The van der Waals surface area contributed by atoms with Crippen LogP contribution in [0.3, 0.4) is 0 Å². The number of aromatic nitrogens is 3. The van der Waals surface area contributed by atoms with Crippen LogP contribution >= 0.6 is 34.9 Å². The largest absolute Gasteiger partial charge is 0.462 e. The number of nitrogens with zero attached hydrogens (tertiary/aromatic N) is 4. The molecule has 0 aliphatic rings. The van der Waals surface area contributed by atoms with Crippen LogP contribution < -0.4 is 4.90 Å². The van der Waals surface area contributed by atoms with Crippen LogP contribution in [0.25, 0.3) is 0 Å². The zero-order chi connectivity index (χ0) is 18.6. The summed E-state index contributed by atoms with van der Waals surface area (Å²) in [7, 11) is 1.56. The lowest BCUT2D eigenvalue weighted by atomic mass is 10.1. The molecule has 0 aromatic carbocycles. The Morgan fingerprint density at radius 2 is 2.12 bits per heavy atom. The second kappa shape index (κ2) is 8.32. The number of rotatable bonds is 6. The van der Waals surface area contributed by atoms with E-state index in [1.807, 2.05) is 0 Å². The zero-order valence-corrected chi connectivity index (χ0v) is 15.3. The van der Waals surface area contributed by atoms with E-state index in [1.165, 1.54) is 17.3 Å². The molecule has 2 rings (SSSR count). The van der Waals surface area contributed by atoms with Gasteiger partial charge in [-0.1, -0.05) is 23.2 Å². The van der Waals surface area contributed by atoms with Gasteiger partial charge in [-0.05, 0) is 13.0 Å². The fourth-order valence-electron chi connectivity index (χ4n) is 1.74. The molecule has 0 unspecified atom stereocenters. The van der Waals surface area contributed by atoms with Gasteiger partial charge in [0.05, 0.1) is 30.1 Å². The van der Waals surface area contributed by atoms with E-state index in [0.29, 0.717) is 5.82 Å². The van der Waals surface area contributed by atoms with Gasteiger partial charge in [0.25, 0.3) is 0 Å². The van der Waals surface area contributed by atoms with Crippen molar-refractivity contribution in [1.29, 1.82) is 0 Å². The fourth-order valence-corrected chi connectivity index (χ4v) is 2.59. The number of pyridine rings is 1. The molecule has 2 heterocycles. The summed E-state index contributed by atoms with van der Waals surface area (Å²) in [5.41, 5.74) is -0.685. The highest BCUT2D eigenvalue weighted by atomic mass is 35.5. The smallest absolute Gasteiger partial charge is 0.343 e. The first-order valence-corrected chi connectivity index (χ1v) is 8.29. The van der Waals surface area contributed by atoms with Crippen LogP contribution in [-0.4, -0.2) is 39.1 Å². The third kappa shape index (κ3) is 4.50. The molecule has 0 fully saturated rings. The van der Waals surface area contributed by atoms with E-state index < -0.39 is 22.7 Å². The van der Waals surface area contributed by atoms with E-state index >= 15 is 0 Å². The van der Waals surface area contributed by atoms with E-state index in [1.54, 1.807) is 14.0 Å². The maximum absolute atomic E-state index is 13.6. The van der Waals surface area contributed by atoms with Crippen LogP contribution in [-0.2, 0) is 9.53 Å². The molecule has 0 aliphatic heterocycles. The minimum absolute atomic E-state index is 0.0480. The SMILES string of the molecule is CCOC(=O)/C(=C/N(C)c1cnsn1)C(=O)c1cc(F)c(Cl)nc1Cl. The molecule has 0 amide bonds. The monoisotopic (exact) mass is 404 g/mol. The molecule has 25 heavy (non-hydrogen) atoms. The molecule has 2 aromatic rings.